The van der Waals surface area contributed by atoms with Crippen LogP contribution in [0.25, 0.3) is 10.8 Å². The maximum Gasteiger partial charge on any atom is 0.258 e. The van der Waals surface area contributed by atoms with Gasteiger partial charge < -0.3 is 15.8 Å². The molecule has 1 amide bonds. The third kappa shape index (κ3) is 3.10. The maximum absolute atomic E-state index is 11.9. The maximum atomic E-state index is 11.9. The Morgan fingerprint density at radius 2 is 1.86 bits per heavy atom. The summed E-state index contributed by atoms with van der Waals surface area (Å²) in [7, 11) is 0. The molecule has 1 aliphatic rings. The molecule has 0 heterocycles. The van der Waals surface area contributed by atoms with Gasteiger partial charge in [-0.05, 0) is 25.0 Å². The van der Waals surface area contributed by atoms with E-state index in [-0.39, 0.29) is 12.5 Å². The zero-order valence-electron chi connectivity index (χ0n) is 12.0. The van der Waals surface area contributed by atoms with E-state index in [9.17, 15) is 4.79 Å². The number of anilines is 1. The number of hydrogen-bond acceptors (Lipinski definition) is 3. The van der Waals surface area contributed by atoms with Gasteiger partial charge in [-0.15, -0.1) is 0 Å². The molecule has 0 aliphatic heterocycles. The van der Waals surface area contributed by atoms with Crippen LogP contribution in [0.4, 0.5) is 5.69 Å². The van der Waals surface area contributed by atoms with Gasteiger partial charge in [0.25, 0.3) is 5.91 Å². The average Bonchev–Trinajstić information content (AvgIpc) is 3.00. The van der Waals surface area contributed by atoms with Crippen LogP contribution < -0.4 is 15.8 Å². The highest BCUT2D eigenvalue weighted by Crippen LogP contribution is 2.29. The first-order chi connectivity index (χ1) is 10.2. The molecular formula is C17H20N2O2. The lowest BCUT2D eigenvalue weighted by Crippen LogP contribution is -2.36. The van der Waals surface area contributed by atoms with E-state index in [1.165, 1.54) is 12.8 Å². The molecule has 3 N–H and O–H groups in total. The van der Waals surface area contributed by atoms with Crippen molar-refractivity contribution in [3.63, 3.8) is 0 Å². The summed E-state index contributed by atoms with van der Waals surface area (Å²) in [5.74, 6) is 0.643. The van der Waals surface area contributed by atoms with Crippen LogP contribution in [0, 0.1) is 0 Å². The van der Waals surface area contributed by atoms with E-state index in [1.54, 1.807) is 0 Å². The first-order valence-corrected chi connectivity index (χ1v) is 7.43. The fourth-order valence-electron chi connectivity index (χ4n) is 2.90. The van der Waals surface area contributed by atoms with Gasteiger partial charge in [-0.1, -0.05) is 37.1 Å². The number of carbonyl (C=O) groups is 1. The number of carbonyl (C=O) groups excluding carboxylic acids is 1. The van der Waals surface area contributed by atoms with Gasteiger partial charge in [0.2, 0.25) is 0 Å². The molecule has 0 spiro atoms. The van der Waals surface area contributed by atoms with Gasteiger partial charge in [-0.25, -0.2) is 0 Å². The Hall–Kier alpha value is -2.23. The average molecular weight is 284 g/mol. The van der Waals surface area contributed by atoms with Gasteiger partial charge in [-0.3, -0.25) is 4.79 Å². The Bertz CT molecular complexity index is 648. The number of nitrogen functional groups attached to an aromatic ring is 1. The predicted molar refractivity (Wildman–Crippen MR) is 84.3 cm³/mol. The summed E-state index contributed by atoms with van der Waals surface area (Å²) in [5, 5.41) is 4.91. The predicted octanol–water partition coefficient (Wildman–Crippen LogP) is 2.86. The van der Waals surface area contributed by atoms with Gasteiger partial charge in [0, 0.05) is 22.5 Å². The molecule has 0 saturated heterocycles. The molecule has 0 unspecified atom stereocenters. The number of ether oxygens (including phenoxy) is 1. The number of nitrogens with one attached hydrogen (secondary N) is 1. The van der Waals surface area contributed by atoms with Crippen molar-refractivity contribution in [2.45, 2.75) is 31.7 Å². The molecule has 0 radical (unpaired) electrons. The standard InChI is InChI=1S/C17H20N2O2/c18-15-9-10-16(14-8-4-3-7-13(14)15)21-11-17(20)19-12-5-1-2-6-12/h3-4,7-10,12H,1-2,5-6,11,18H2,(H,19,20). The number of hydrogen-bond donors (Lipinski definition) is 2. The van der Waals surface area contributed by atoms with Crippen LogP contribution in [0.5, 0.6) is 5.75 Å². The van der Waals surface area contributed by atoms with Gasteiger partial charge in [0.15, 0.2) is 6.61 Å². The minimum atomic E-state index is -0.0530. The van der Waals surface area contributed by atoms with Gasteiger partial charge in [0.1, 0.15) is 5.75 Å². The molecule has 2 aromatic carbocycles. The van der Waals surface area contributed by atoms with E-state index >= 15 is 0 Å². The molecule has 21 heavy (non-hydrogen) atoms. The Morgan fingerprint density at radius 1 is 1.14 bits per heavy atom. The van der Waals surface area contributed by atoms with Crippen molar-refractivity contribution in [2.75, 3.05) is 12.3 Å². The molecule has 0 bridgehead atoms. The van der Waals surface area contributed by atoms with Gasteiger partial charge in [0.05, 0.1) is 0 Å². The SMILES string of the molecule is Nc1ccc(OCC(=O)NC2CCCC2)c2ccccc12. The van der Waals surface area contributed by atoms with Crippen molar-refractivity contribution in [3.05, 3.63) is 36.4 Å². The Labute approximate surface area is 124 Å². The molecule has 1 saturated carbocycles. The molecule has 2 aromatic rings. The number of benzene rings is 2. The Kier molecular flexibility index (Phi) is 3.95. The van der Waals surface area contributed by atoms with Crippen LogP contribution in [0.2, 0.25) is 0 Å². The van der Waals surface area contributed by atoms with Crippen LogP contribution in [-0.4, -0.2) is 18.6 Å². The number of fused-ring (bicyclic) bond motifs is 1. The van der Waals surface area contributed by atoms with Crippen molar-refractivity contribution in [3.8, 4) is 5.75 Å². The summed E-state index contributed by atoms with van der Waals surface area (Å²) in [6.07, 6.45) is 4.57. The smallest absolute Gasteiger partial charge is 0.258 e. The largest absolute Gasteiger partial charge is 0.483 e. The highest BCUT2D eigenvalue weighted by Gasteiger charge is 2.17. The zero-order chi connectivity index (χ0) is 14.7. The topological polar surface area (TPSA) is 64.3 Å². The van der Waals surface area contributed by atoms with E-state index in [0.29, 0.717) is 17.5 Å². The first-order valence-electron chi connectivity index (χ1n) is 7.43. The van der Waals surface area contributed by atoms with Crippen molar-refractivity contribution >= 4 is 22.4 Å². The molecule has 0 aromatic heterocycles. The fraction of sp³-hybridized carbons (Fsp3) is 0.353. The molecule has 4 heteroatoms. The van der Waals surface area contributed by atoms with E-state index < -0.39 is 0 Å². The minimum absolute atomic E-state index is 0.0460. The lowest BCUT2D eigenvalue weighted by Gasteiger charge is -2.14. The van der Waals surface area contributed by atoms with Crippen LogP contribution in [-0.2, 0) is 4.79 Å². The van der Waals surface area contributed by atoms with E-state index in [4.69, 9.17) is 10.5 Å². The van der Waals surface area contributed by atoms with Crippen LogP contribution in [0.3, 0.4) is 0 Å². The lowest BCUT2D eigenvalue weighted by atomic mass is 10.1. The van der Waals surface area contributed by atoms with Crippen molar-refractivity contribution in [2.24, 2.45) is 0 Å². The number of rotatable bonds is 4. The summed E-state index contributed by atoms with van der Waals surface area (Å²) in [4.78, 5) is 11.9. The summed E-state index contributed by atoms with van der Waals surface area (Å²) in [5.41, 5.74) is 6.67. The van der Waals surface area contributed by atoms with Crippen molar-refractivity contribution in [1.82, 2.24) is 5.32 Å². The highest BCUT2D eigenvalue weighted by atomic mass is 16.5. The van der Waals surface area contributed by atoms with E-state index in [1.807, 2.05) is 36.4 Å². The Morgan fingerprint density at radius 3 is 2.62 bits per heavy atom. The molecule has 110 valence electrons. The molecule has 1 fully saturated rings. The zero-order valence-corrected chi connectivity index (χ0v) is 12.0. The second-order valence-corrected chi connectivity index (χ2v) is 5.54. The van der Waals surface area contributed by atoms with Crippen LogP contribution in [0.1, 0.15) is 25.7 Å². The number of amides is 1. The molecule has 3 rings (SSSR count). The third-order valence-corrected chi connectivity index (χ3v) is 4.00. The third-order valence-electron chi connectivity index (χ3n) is 4.00. The minimum Gasteiger partial charge on any atom is -0.483 e. The molecule has 0 atom stereocenters. The summed E-state index contributed by atoms with van der Waals surface area (Å²) in [6, 6.07) is 11.7. The van der Waals surface area contributed by atoms with Gasteiger partial charge >= 0.3 is 0 Å². The van der Waals surface area contributed by atoms with Crippen LogP contribution in [0.15, 0.2) is 36.4 Å². The second kappa shape index (κ2) is 6.04. The molecule has 4 nitrogen and oxygen atoms in total. The molecule has 1 aliphatic carbocycles. The summed E-state index contributed by atoms with van der Waals surface area (Å²) < 4.78 is 5.68. The van der Waals surface area contributed by atoms with Gasteiger partial charge in [-0.2, -0.15) is 0 Å². The lowest BCUT2D eigenvalue weighted by molar-refractivity contribution is -0.123. The summed E-state index contributed by atoms with van der Waals surface area (Å²) in [6.45, 7) is 0.0460. The van der Waals surface area contributed by atoms with E-state index in [2.05, 4.69) is 5.32 Å². The van der Waals surface area contributed by atoms with Crippen molar-refractivity contribution < 1.29 is 9.53 Å². The molecular weight excluding hydrogens is 264 g/mol. The monoisotopic (exact) mass is 284 g/mol. The Balaban J connectivity index is 1.67. The van der Waals surface area contributed by atoms with E-state index in [0.717, 1.165) is 23.6 Å². The quantitative estimate of drug-likeness (QED) is 0.849. The first kappa shape index (κ1) is 13.7. The number of nitrogens with two attached hydrogens (primary N) is 1. The van der Waals surface area contributed by atoms with Crippen molar-refractivity contribution in [1.29, 1.82) is 0 Å². The summed E-state index contributed by atoms with van der Waals surface area (Å²) >= 11 is 0. The second-order valence-electron chi connectivity index (χ2n) is 5.54. The fourth-order valence-corrected chi connectivity index (χ4v) is 2.90. The highest BCUT2D eigenvalue weighted by molar-refractivity contribution is 5.97. The normalized spacial score (nSPS) is 15.2. The van der Waals surface area contributed by atoms with Crippen LogP contribution >= 0.6 is 0 Å².